The average Bonchev–Trinajstić information content (AvgIpc) is 3.59. The Morgan fingerprint density at radius 2 is 1.63 bits per heavy atom. The fourth-order valence-corrected chi connectivity index (χ4v) is 4.67. The monoisotopic (exact) mass is 482 g/mol. The van der Waals surface area contributed by atoms with Crippen LogP contribution in [0.2, 0.25) is 0 Å². The van der Waals surface area contributed by atoms with E-state index in [2.05, 4.69) is 15.5 Å². The van der Waals surface area contributed by atoms with E-state index in [0.29, 0.717) is 22.4 Å². The van der Waals surface area contributed by atoms with Crippen molar-refractivity contribution in [2.24, 2.45) is 0 Å². The summed E-state index contributed by atoms with van der Waals surface area (Å²) in [5, 5.41) is 11.9. The van der Waals surface area contributed by atoms with Gasteiger partial charge in [-0.1, -0.05) is 60.3 Å². The van der Waals surface area contributed by atoms with Crippen molar-refractivity contribution in [3.63, 3.8) is 0 Å². The van der Waals surface area contributed by atoms with Gasteiger partial charge >= 0.3 is 0 Å². The van der Waals surface area contributed by atoms with Gasteiger partial charge in [0.1, 0.15) is 11.0 Å². The van der Waals surface area contributed by atoms with Crippen molar-refractivity contribution >= 4 is 23.4 Å². The zero-order valence-corrected chi connectivity index (χ0v) is 19.7. The molecule has 0 fully saturated rings. The lowest BCUT2D eigenvalue weighted by molar-refractivity contribution is -0.115. The number of methoxy groups -OCH3 is 1. The van der Waals surface area contributed by atoms with Crippen LogP contribution in [0.4, 0.5) is 5.69 Å². The summed E-state index contributed by atoms with van der Waals surface area (Å²) >= 11 is 1.33. The number of amides is 1. The van der Waals surface area contributed by atoms with E-state index in [9.17, 15) is 4.79 Å². The molecule has 5 rings (SSSR count). The molecule has 0 bridgehead atoms. The number of hydrogen-bond acceptors (Lipinski definition) is 6. The highest BCUT2D eigenvalue weighted by molar-refractivity contribution is 8.00. The second-order valence-corrected chi connectivity index (χ2v) is 8.65. The molecule has 0 saturated heterocycles. The molecule has 2 aromatic heterocycles. The van der Waals surface area contributed by atoms with Crippen molar-refractivity contribution in [3.8, 4) is 23.0 Å². The summed E-state index contributed by atoms with van der Waals surface area (Å²) in [6.07, 6.45) is 1.60. The van der Waals surface area contributed by atoms with Crippen LogP contribution in [0.1, 0.15) is 10.8 Å². The number of aromatic nitrogens is 3. The Morgan fingerprint density at radius 3 is 2.29 bits per heavy atom. The summed E-state index contributed by atoms with van der Waals surface area (Å²) < 4.78 is 12.7. The van der Waals surface area contributed by atoms with Gasteiger partial charge in [0.05, 0.1) is 13.4 Å². The van der Waals surface area contributed by atoms with Crippen LogP contribution < -0.4 is 10.1 Å². The molecule has 35 heavy (non-hydrogen) atoms. The van der Waals surface area contributed by atoms with Gasteiger partial charge in [-0.25, -0.2) is 0 Å². The number of thioether (sulfide) groups is 1. The number of carbonyl (C=O) groups excluding carboxylic acids is 1. The highest BCUT2D eigenvalue weighted by atomic mass is 32.2. The number of nitrogens with zero attached hydrogens (tertiary/aromatic N) is 3. The van der Waals surface area contributed by atoms with Gasteiger partial charge in [-0.15, -0.1) is 10.2 Å². The van der Waals surface area contributed by atoms with Crippen molar-refractivity contribution in [2.75, 3.05) is 12.4 Å². The van der Waals surface area contributed by atoms with Crippen molar-refractivity contribution in [1.29, 1.82) is 0 Å². The zero-order chi connectivity index (χ0) is 24.0. The van der Waals surface area contributed by atoms with E-state index in [1.165, 1.54) is 11.8 Å². The van der Waals surface area contributed by atoms with Crippen molar-refractivity contribution < 1.29 is 13.9 Å². The van der Waals surface area contributed by atoms with Gasteiger partial charge in [0.25, 0.3) is 0 Å². The van der Waals surface area contributed by atoms with E-state index in [1.807, 2.05) is 95.6 Å². The van der Waals surface area contributed by atoms with Crippen molar-refractivity contribution in [2.45, 2.75) is 10.4 Å². The van der Waals surface area contributed by atoms with Crippen LogP contribution >= 0.6 is 11.8 Å². The summed E-state index contributed by atoms with van der Waals surface area (Å²) in [6, 6.07) is 30.3. The fraction of sp³-hybridized carbons (Fsp3) is 0.0741. The summed E-state index contributed by atoms with van der Waals surface area (Å²) in [5.74, 6) is 1.70. The second-order valence-electron chi connectivity index (χ2n) is 7.58. The van der Waals surface area contributed by atoms with Crippen LogP contribution in [0.25, 0.3) is 17.3 Å². The maximum Gasteiger partial charge on any atom is 0.242 e. The SMILES string of the molecule is COc1ccc(NC(=O)C(Sc2nnc(-c3ccco3)n2-c2ccccc2)c2ccccc2)cc1. The van der Waals surface area contributed by atoms with Crippen LogP contribution in [0, 0.1) is 0 Å². The van der Waals surface area contributed by atoms with Gasteiger partial charge in [-0.05, 0) is 54.1 Å². The molecule has 5 aromatic rings. The molecular formula is C27H22N4O3S. The Morgan fingerprint density at radius 1 is 0.914 bits per heavy atom. The molecule has 0 aliphatic carbocycles. The van der Waals surface area contributed by atoms with E-state index >= 15 is 0 Å². The zero-order valence-electron chi connectivity index (χ0n) is 18.9. The second kappa shape index (κ2) is 10.3. The molecule has 1 unspecified atom stereocenters. The minimum absolute atomic E-state index is 0.173. The maximum absolute atomic E-state index is 13.5. The van der Waals surface area contributed by atoms with E-state index in [-0.39, 0.29) is 5.91 Å². The third-order valence-electron chi connectivity index (χ3n) is 5.31. The Balaban J connectivity index is 1.52. The molecule has 1 N–H and O–H groups in total. The van der Waals surface area contributed by atoms with Gasteiger partial charge in [0.15, 0.2) is 10.9 Å². The minimum Gasteiger partial charge on any atom is -0.497 e. The maximum atomic E-state index is 13.5. The van der Waals surface area contributed by atoms with Crippen LogP contribution in [0.3, 0.4) is 0 Å². The Hall–Kier alpha value is -4.30. The topological polar surface area (TPSA) is 82.2 Å². The number of nitrogens with one attached hydrogen (secondary N) is 1. The lowest BCUT2D eigenvalue weighted by Gasteiger charge is -2.17. The minimum atomic E-state index is -0.575. The predicted octanol–water partition coefficient (Wildman–Crippen LogP) is 6.01. The van der Waals surface area contributed by atoms with Crippen LogP contribution in [0.5, 0.6) is 5.75 Å². The number of carbonyl (C=O) groups is 1. The van der Waals surface area contributed by atoms with E-state index in [1.54, 1.807) is 19.4 Å². The first-order valence-electron chi connectivity index (χ1n) is 10.9. The largest absolute Gasteiger partial charge is 0.497 e. The summed E-state index contributed by atoms with van der Waals surface area (Å²) in [5.41, 5.74) is 2.40. The first-order chi connectivity index (χ1) is 17.2. The molecule has 0 aliphatic heterocycles. The van der Waals surface area contributed by atoms with Gasteiger partial charge in [0.2, 0.25) is 11.7 Å². The summed E-state index contributed by atoms with van der Waals surface area (Å²) in [4.78, 5) is 13.5. The lowest BCUT2D eigenvalue weighted by Crippen LogP contribution is -2.19. The number of hydrogen-bond donors (Lipinski definition) is 1. The first-order valence-corrected chi connectivity index (χ1v) is 11.8. The molecule has 0 aliphatic rings. The molecule has 2 heterocycles. The van der Waals surface area contributed by atoms with E-state index in [0.717, 1.165) is 17.0 Å². The number of anilines is 1. The van der Waals surface area contributed by atoms with Gasteiger partial charge < -0.3 is 14.5 Å². The molecule has 3 aromatic carbocycles. The molecule has 7 nitrogen and oxygen atoms in total. The molecule has 0 saturated carbocycles. The highest BCUT2D eigenvalue weighted by Gasteiger charge is 2.27. The van der Waals surface area contributed by atoms with Gasteiger partial charge in [-0.2, -0.15) is 0 Å². The molecule has 1 atom stereocenters. The number of rotatable bonds is 8. The smallest absolute Gasteiger partial charge is 0.242 e. The normalized spacial score (nSPS) is 11.7. The number of benzene rings is 3. The number of para-hydroxylation sites is 1. The van der Waals surface area contributed by atoms with Gasteiger partial charge in [0, 0.05) is 11.4 Å². The van der Waals surface area contributed by atoms with Gasteiger partial charge in [-0.3, -0.25) is 9.36 Å². The van der Waals surface area contributed by atoms with Crippen LogP contribution in [-0.4, -0.2) is 27.8 Å². The van der Waals surface area contributed by atoms with Crippen molar-refractivity contribution in [1.82, 2.24) is 14.8 Å². The first kappa shape index (κ1) is 22.5. The molecule has 0 radical (unpaired) electrons. The molecule has 1 amide bonds. The Kier molecular flexibility index (Phi) is 6.63. The van der Waals surface area contributed by atoms with Crippen molar-refractivity contribution in [3.05, 3.63) is 109 Å². The number of furan rings is 1. The number of ether oxygens (including phenoxy) is 1. The third kappa shape index (κ3) is 4.97. The highest BCUT2D eigenvalue weighted by Crippen LogP contribution is 2.38. The molecule has 8 heteroatoms. The molecule has 0 spiro atoms. The Labute approximate surface area is 206 Å². The van der Waals surface area contributed by atoms with Crippen LogP contribution in [0.15, 0.2) is 113 Å². The third-order valence-corrected chi connectivity index (χ3v) is 6.51. The quantitative estimate of drug-likeness (QED) is 0.273. The van der Waals surface area contributed by atoms with E-state index < -0.39 is 5.25 Å². The summed E-state index contributed by atoms with van der Waals surface area (Å²) in [7, 11) is 1.61. The Bertz CT molecular complexity index is 1390. The lowest BCUT2D eigenvalue weighted by atomic mass is 10.1. The average molecular weight is 483 g/mol. The predicted molar refractivity (Wildman–Crippen MR) is 136 cm³/mol. The fourth-order valence-electron chi connectivity index (χ4n) is 3.61. The summed E-state index contributed by atoms with van der Waals surface area (Å²) in [6.45, 7) is 0. The molecule has 174 valence electrons. The molecular weight excluding hydrogens is 460 g/mol. The van der Waals surface area contributed by atoms with E-state index in [4.69, 9.17) is 9.15 Å². The standard InChI is InChI=1S/C27H22N4O3S/c1-33-22-16-14-20(15-17-22)28-26(32)24(19-9-4-2-5-10-19)35-27-30-29-25(23-13-8-18-34-23)31(27)21-11-6-3-7-12-21/h2-18,24H,1H3,(H,28,32). The van der Waals surface area contributed by atoms with Crippen LogP contribution in [-0.2, 0) is 4.79 Å².